The Morgan fingerprint density at radius 3 is 2.62 bits per heavy atom. The molecule has 2 aliphatic heterocycles. The Balaban J connectivity index is 1.26. The van der Waals surface area contributed by atoms with Crippen molar-refractivity contribution in [3.63, 3.8) is 0 Å². The minimum atomic E-state index is -0.234. The topological polar surface area (TPSA) is 51.9 Å². The van der Waals surface area contributed by atoms with Crippen LogP contribution in [0.15, 0.2) is 59.8 Å². The fourth-order valence-electron chi connectivity index (χ4n) is 5.32. The summed E-state index contributed by atoms with van der Waals surface area (Å²) in [4.78, 5) is 12.3. The number of hydrogen-bond donors (Lipinski definition) is 0. The summed E-state index contributed by atoms with van der Waals surface area (Å²) >= 11 is 0. The maximum absolute atomic E-state index is 13.5. The standard InChI is InChI=1S/C27H25FN4O2/c1-17-13-31(16-29-17)23-9-4-19(21-7-8-22(21)23)12-25-26-30-33-14-24(18-2-5-20(28)6-3-18)32(26)15-27(34-25)10-11-27/h2-6,9,12-13,16,24H,7-8,10-11,14-15H2,1H3/b25-12-. The van der Waals surface area contributed by atoms with E-state index >= 15 is 0 Å². The first-order valence-electron chi connectivity index (χ1n) is 11.9. The molecule has 2 fully saturated rings. The van der Waals surface area contributed by atoms with E-state index in [9.17, 15) is 4.39 Å². The number of amidine groups is 1. The predicted octanol–water partition coefficient (Wildman–Crippen LogP) is 4.71. The molecule has 3 aromatic rings. The van der Waals surface area contributed by atoms with Crippen molar-refractivity contribution in [3.05, 3.63) is 88.4 Å². The summed E-state index contributed by atoms with van der Waals surface area (Å²) in [5.41, 5.74) is 6.96. The van der Waals surface area contributed by atoms with E-state index in [-0.39, 0.29) is 17.5 Å². The van der Waals surface area contributed by atoms with Crippen LogP contribution >= 0.6 is 0 Å². The van der Waals surface area contributed by atoms with Crippen LogP contribution in [-0.2, 0) is 22.4 Å². The molecule has 2 aliphatic carbocycles. The lowest BCUT2D eigenvalue weighted by Gasteiger charge is -2.43. The van der Waals surface area contributed by atoms with Gasteiger partial charge in [-0.25, -0.2) is 9.37 Å². The SMILES string of the molecule is Cc1cn(-c2ccc(/C=C3\OC4(CC4)CN4C3=NOCC4c3ccc(F)cc3)c3c2CC3)cn1. The smallest absolute Gasteiger partial charge is 0.211 e. The molecule has 1 saturated carbocycles. The van der Waals surface area contributed by atoms with Crippen molar-refractivity contribution in [2.45, 2.75) is 44.2 Å². The molecule has 0 radical (unpaired) electrons. The highest BCUT2D eigenvalue weighted by molar-refractivity contribution is 6.01. The first kappa shape index (κ1) is 19.8. The number of halogens is 1. The summed E-state index contributed by atoms with van der Waals surface area (Å²) < 4.78 is 22.2. The number of oxime groups is 1. The lowest BCUT2D eigenvalue weighted by Crippen LogP contribution is -2.51. The van der Waals surface area contributed by atoms with Gasteiger partial charge in [0.1, 0.15) is 18.0 Å². The summed E-state index contributed by atoms with van der Waals surface area (Å²) in [6.45, 7) is 3.21. The number of benzene rings is 2. The van der Waals surface area contributed by atoms with Crippen LogP contribution in [0.1, 0.15) is 46.8 Å². The van der Waals surface area contributed by atoms with Crippen LogP contribution in [0.2, 0.25) is 0 Å². The van der Waals surface area contributed by atoms with Crippen molar-refractivity contribution in [2.75, 3.05) is 13.2 Å². The third kappa shape index (κ3) is 3.14. The fourth-order valence-corrected chi connectivity index (χ4v) is 5.32. The quantitative estimate of drug-likeness (QED) is 0.573. The molecule has 1 aromatic heterocycles. The van der Waals surface area contributed by atoms with Gasteiger partial charge in [0.15, 0.2) is 5.76 Å². The van der Waals surface area contributed by atoms with Crippen LogP contribution in [0, 0.1) is 12.7 Å². The third-order valence-electron chi connectivity index (χ3n) is 7.44. The maximum atomic E-state index is 13.5. The number of imidazole rings is 1. The summed E-state index contributed by atoms with van der Waals surface area (Å²) in [6.07, 6.45) is 10.2. The van der Waals surface area contributed by atoms with Crippen molar-refractivity contribution in [1.82, 2.24) is 14.5 Å². The second-order valence-corrected chi connectivity index (χ2v) is 9.75. The lowest BCUT2D eigenvalue weighted by molar-refractivity contribution is -0.00393. The summed E-state index contributed by atoms with van der Waals surface area (Å²) in [5.74, 6) is 1.25. The van der Waals surface area contributed by atoms with Crippen LogP contribution < -0.4 is 0 Å². The molecule has 7 rings (SSSR count). The molecule has 34 heavy (non-hydrogen) atoms. The highest BCUT2D eigenvalue weighted by Gasteiger charge is 2.54. The van der Waals surface area contributed by atoms with Crippen LogP contribution in [0.5, 0.6) is 0 Å². The van der Waals surface area contributed by atoms with Gasteiger partial charge in [0.2, 0.25) is 5.84 Å². The molecule has 172 valence electrons. The van der Waals surface area contributed by atoms with E-state index in [1.807, 2.05) is 25.4 Å². The molecular weight excluding hydrogens is 431 g/mol. The predicted molar refractivity (Wildman–Crippen MR) is 126 cm³/mol. The highest BCUT2D eigenvalue weighted by Crippen LogP contribution is 2.48. The van der Waals surface area contributed by atoms with Crippen molar-refractivity contribution < 1.29 is 14.0 Å². The molecule has 1 unspecified atom stereocenters. The normalized spacial score (nSPS) is 22.9. The molecule has 1 spiro atoms. The zero-order chi connectivity index (χ0) is 22.9. The first-order chi connectivity index (χ1) is 16.6. The molecule has 1 saturated heterocycles. The third-order valence-corrected chi connectivity index (χ3v) is 7.44. The number of aromatic nitrogens is 2. The van der Waals surface area contributed by atoms with E-state index in [4.69, 9.17) is 9.57 Å². The Morgan fingerprint density at radius 2 is 1.91 bits per heavy atom. The number of aryl methyl sites for hydroxylation is 1. The van der Waals surface area contributed by atoms with Crippen molar-refractivity contribution in [2.24, 2.45) is 5.16 Å². The van der Waals surface area contributed by atoms with Gasteiger partial charge < -0.3 is 19.0 Å². The Labute approximate surface area is 197 Å². The van der Waals surface area contributed by atoms with Gasteiger partial charge in [0.05, 0.1) is 24.6 Å². The molecule has 2 aromatic carbocycles. The van der Waals surface area contributed by atoms with Crippen molar-refractivity contribution in [3.8, 4) is 5.69 Å². The largest absolute Gasteiger partial charge is 0.481 e. The molecule has 3 heterocycles. The number of rotatable bonds is 3. The second kappa shape index (κ2) is 7.19. The Bertz CT molecular complexity index is 1350. The monoisotopic (exact) mass is 456 g/mol. The average Bonchev–Trinajstić information content (AvgIpc) is 3.40. The molecule has 0 N–H and O–H groups in total. The Kier molecular flexibility index (Phi) is 4.19. The number of ether oxygens (including phenoxy) is 1. The maximum Gasteiger partial charge on any atom is 0.211 e. The Hall–Kier alpha value is -3.61. The van der Waals surface area contributed by atoms with Crippen LogP contribution in [0.25, 0.3) is 11.8 Å². The summed E-state index contributed by atoms with van der Waals surface area (Å²) in [6, 6.07) is 11.0. The summed E-state index contributed by atoms with van der Waals surface area (Å²) in [7, 11) is 0. The second-order valence-electron chi connectivity index (χ2n) is 9.75. The van der Waals surface area contributed by atoms with Gasteiger partial charge in [-0.15, -0.1) is 0 Å². The van der Waals surface area contributed by atoms with E-state index < -0.39 is 0 Å². The van der Waals surface area contributed by atoms with Crippen LogP contribution in [0.3, 0.4) is 0 Å². The van der Waals surface area contributed by atoms with Crippen LogP contribution in [-0.4, -0.2) is 39.0 Å². The number of fused-ring (bicyclic) bond motifs is 2. The van der Waals surface area contributed by atoms with Crippen molar-refractivity contribution in [1.29, 1.82) is 0 Å². The van der Waals surface area contributed by atoms with E-state index in [0.29, 0.717) is 6.61 Å². The lowest BCUT2D eigenvalue weighted by atomic mass is 9.83. The fraction of sp³-hybridized carbons (Fsp3) is 0.333. The average molecular weight is 457 g/mol. The zero-order valence-electron chi connectivity index (χ0n) is 19.0. The summed E-state index contributed by atoms with van der Waals surface area (Å²) in [5, 5.41) is 4.42. The molecule has 1 atom stereocenters. The Morgan fingerprint density at radius 1 is 1.09 bits per heavy atom. The van der Waals surface area contributed by atoms with Crippen LogP contribution in [0.4, 0.5) is 4.39 Å². The van der Waals surface area contributed by atoms with Gasteiger partial charge in [-0.3, -0.25) is 0 Å². The molecule has 4 aliphatic rings. The van der Waals surface area contributed by atoms with E-state index in [2.05, 4.69) is 44.0 Å². The van der Waals surface area contributed by atoms with E-state index in [0.717, 1.165) is 55.1 Å². The van der Waals surface area contributed by atoms with Gasteiger partial charge in [-0.05, 0) is 79.1 Å². The van der Waals surface area contributed by atoms with Gasteiger partial charge in [-0.2, -0.15) is 0 Å². The first-order valence-corrected chi connectivity index (χ1v) is 11.9. The number of hydrogen-bond acceptors (Lipinski definition) is 5. The number of nitrogens with zero attached hydrogens (tertiary/aromatic N) is 4. The molecule has 7 heteroatoms. The van der Waals surface area contributed by atoms with Gasteiger partial charge in [-0.1, -0.05) is 23.4 Å². The highest BCUT2D eigenvalue weighted by atomic mass is 19.1. The van der Waals surface area contributed by atoms with Gasteiger partial charge >= 0.3 is 0 Å². The molecular formula is C27H25FN4O2. The minimum Gasteiger partial charge on any atom is -0.481 e. The minimum absolute atomic E-state index is 0.0207. The van der Waals surface area contributed by atoms with Crippen molar-refractivity contribution >= 4 is 11.9 Å². The van der Waals surface area contributed by atoms with E-state index in [1.165, 1.54) is 34.5 Å². The zero-order valence-corrected chi connectivity index (χ0v) is 19.0. The van der Waals surface area contributed by atoms with E-state index in [1.54, 1.807) is 0 Å². The molecule has 0 amide bonds. The van der Waals surface area contributed by atoms with Gasteiger partial charge in [0, 0.05) is 11.9 Å². The molecule has 0 bridgehead atoms. The van der Waals surface area contributed by atoms with Gasteiger partial charge in [0.25, 0.3) is 0 Å². The number of morpholine rings is 1. The molecule has 6 nitrogen and oxygen atoms in total.